The summed E-state index contributed by atoms with van der Waals surface area (Å²) >= 11 is 0. The summed E-state index contributed by atoms with van der Waals surface area (Å²) in [6.07, 6.45) is 4.43. The number of hydrogen-bond donors (Lipinski definition) is 1. The Morgan fingerprint density at radius 1 is 1.17 bits per heavy atom. The van der Waals surface area contributed by atoms with Crippen molar-refractivity contribution in [1.82, 2.24) is 5.32 Å². The highest BCUT2D eigenvalue weighted by Crippen LogP contribution is 2.42. The zero-order chi connectivity index (χ0) is 12.5. The predicted octanol–water partition coefficient (Wildman–Crippen LogP) is 2.62. The van der Waals surface area contributed by atoms with Crippen LogP contribution in [0.25, 0.3) is 0 Å². The van der Waals surface area contributed by atoms with Crippen molar-refractivity contribution in [2.75, 3.05) is 20.3 Å². The number of ether oxygens (including phenoxy) is 2. The monoisotopic (exact) mass is 247 g/mol. The third-order valence-corrected chi connectivity index (χ3v) is 4.00. The van der Waals surface area contributed by atoms with E-state index in [-0.39, 0.29) is 0 Å². The van der Waals surface area contributed by atoms with Gasteiger partial charge in [0.05, 0.1) is 13.2 Å². The van der Waals surface area contributed by atoms with Gasteiger partial charge >= 0.3 is 0 Å². The van der Waals surface area contributed by atoms with Crippen LogP contribution in [0.5, 0.6) is 11.5 Å². The molecule has 0 fully saturated rings. The molecule has 2 aliphatic heterocycles. The summed E-state index contributed by atoms with van der Waals surface area (Å²) < 4.78 is 11.8. The fourth-order valence-corrected chi connectivity index (χ4v) is 2.97. The van der Waals surface area contributed by atoms with E-state index in [1.807, 2.05) is 7.05 Å². The fraction of sp³-hybridized carbons (Fsp3) is 0.600. The van der Waals surface area contributed by atoms with Crippen LogP contribution in [0, 0.1) is 0 Å². The number of fused-ring (bicyclic) bond motifs is 2. The lowest BCUT2D eigenvalue weighted by atomic mass is 9.90. The second-order valence-corrected chi connectivity index (χ2v) is 5.17. The third kappa shape index (κ3) is 1.87. The molecule has 0 saturated heterocycles. The van der Waals surface area contributed by atoms with E-state index in [0.717, 1.165) is 50.4 Å². The van der Waals surface area contributed by atoms with E-state index in [0.29, 0.717) is 6.04 Å². The van der Waals surface area contributed by atoms with E-state index in [9.17, 15) is 0 Å². The smallest absolute Gasteiger partial charge is 0.127 e. The molecular formula is C15H21NO2. The third-order valence-electron chi connectivity index (χ3n) is 4.00. The molecule has 18 heavy (non-hydrogen) atoms. The van der Waals surface area contributed by atoms with Gasteiger partial charge < -0.3 is 14.8 Å². The maximum absolute atomic E-state index is 5.95. The Balaban J connectivity index is 2.17. The van der Waals surface area contributed by atoms with E-state index in [4.69, 9.17) is 9.47 Å². The van der Waals surface area contributed by atoms with E-state index < -0.39 is 0 Å². The summed E-state index contributed by atoms with van der Waals surface area (Å²) in [5.74, 6) is 2.20. The normalized spacial score (nSPS) is 19.2. The predicted molar refractivity (Wildman–Crippen MR) is 71.5 cm³/mol. The highest BCUT2D eigenvalue weighted by molar-refractivity contribution is 5.56. The minimum Gasteiger partial charge on any atom is -0.493 e. The average molecular weight is 247 g/mol. The lowest BCUT2D eigenvalue weighted by molar-refractivity contribution is 0.267. The molecule has 0 aliphatic carbocycles. The van der Waals surface area contributed by atoms with Crippen molar-refractivity contribution < 1.29 is 9.47 Å². The zero-order valence-electron chi connectivity index (χ0n) is 11.2. The summed E-state index contributed by atoms with van der Waals surface area (Å²) in [6, 6.07) is 2.52. The van der Waals surface area contributed by atoms with Gasteiger partial charge in [-0.1, -0.05) is 0 Å². The molecule has 98 valence electrons. The number of benzene rings is 1. The van der Waals surface area contributed by atoms with Crippen molar-refractivity contribution in [3.63, 3.8) is 0 Å². The summed E-state index contributed by atoms with van der Waals surface area (Å²) in [5.41, 5.74) is 3.99. The first-order valence-corrected chi connectivity index (χ1v) is 6.92. The second-order valence-electron chi connectivity index (χ2n) is 5.17. The highest BCUT2D eigenvalue weighted by atomic mass is 16.5. The van der Waals surface area contributed by atoms with Crippen LogP contribution in [-0.2, 0) is 12.8 Å². The number of hydrogen-bond acceptors (Lipinski definition) is 3. The van der Waals surface area contributed by atoms with Crippen molar-refractivity contribution >= 4 is 0 Å². The molecule has 2 aliphatic rings. The first-order chi connectivity index (χ1) is 8.81. The quantitative estimate of drug-likeness (QED) is 0.871. The minimum atomic E-state index is 0.313. The molecule has 1 aromatic rings. The van der Waals surface area contributed by atoms with Gasteiger partial charge in [0, 0.05) is 17.2 Å². The van der Waals surface area contributed by atoms with Crippen molar-refractivity contribution in [3.05, 3.63) is 22.8 Å². The molecule has 3 nitrogen and oxygen atoms in total. The Morgan fingerprint density at radius 3 is 2.78 bits per heavy atom. The standard InChI is InChI=1S/C15H21NO2/c1-10(16-2)14-12-6-4-7-17-13(12)9-11-5-3-8-18-15(11)14/h9-10,16H,3-8H2,1-2H3. The first kappa shape index (κ1) is 11.8. The molecule has 0 bridgehead atoms. The fourth-order valence-electron chi connectivity index (χ4n) is 2.97. The molecule has 0 radical (unpaired) electrons. The lowest BCUT2D eigenvalue weighted by Gasteiger charge is -2.29. The Bertz CT molecular complexity index is 422. The van der Waals surface area contributed by atoms with Crippen LogP contribution in [0.1, 0.15) is 42.5 Å². The molecule has 0 aromatic heterocycles. The Labute approximate surface area is 108 Å². The van der Waals surface area contributed by atoms with Crippen LogP contribution in [0.4, 0.5) is 0 Å². The minimum absolute atomic E-state index is 0.313. The molecule has 3 heteroatoms. The number of nitrogens with one attached hydrogen (secondary N) is 1. The molecule has 0 saturated carbocycles. The molecule has 2 heterocycles. The molecule has 1 N–H and O–H groups in total. The SMILES string of the molecule is CNC(C)c1c2c(cc3c1OCCC3)OCCC2. The molecule has 1 atom stereocenters. The Hall–Kier alpha value is -1.22. The second kappa shape index (κ2) is 4.81. The van der Waals surface area contributed by atoms with Gasteiger partial charge in [-0.15, -0.1) is 0 Å². The maximum atomic E-state index is 5.95. The zero-order valence-corrected chi connectivity index (χ0v) is 11.2. The summed E-state index contributed by atoms with van der Waals surface area (Å²) in [7, 11) is 2.00. The van der Waals surface area contributed by atoms with Gasteiger partial charge in [0.25, 0.3) is 0 Å². The van der Waals surface area contributed by atoms with Gasteiger partial charge in [0.1, 0.15) is 11.5 Å². The molecular weight excluding hydrogens is 226 g/mol. The maximum Gasteiger partial charge on any atom is 0.127 e. The molecule has 0 spiro atoms. The van der Waals surface area contributed by atoms with E-state index >= 15 is 0 Å². The van der Waals surface area contributed by atoms with Gasteiger partial charge in [0.15, 0.2) is 0 Å². The number of aryl methyl sites for hydroxylation is 1. The topological polar surface area (TPSA) is 30.5 Å². The van der Waals surface area contributed by atoms with Crippen molar-refractivity contribution in [3.8, 4) is 11.5 Å². The van der Waals surface area contributed by atoms with E-state index in [1.165, 1.54) is 16.7 Å². The summed E-state index contributed by atoms with van der Waals surface area (Å²) in [5, 5.41) is 3.35. The Morgan fingerprint density at radius 2 is 1.94 bits per heavy atom. The lowest BCUT2D eigenvalue weighted by Crippen LogP contribution is -2.22. The van der Waals surface area contributed by atoms with Gasteiger partial charge in [-0.05, 0) is 51.3 Å². The average Bonchev–Trinajstić information content (AvgIpc) is 2.44. The highest BCUT2D eigenvalue weighted by Gasteiger charge is 2.26. The van der Waals surface area contributed by atoms with Gasteiger partial charge in [-0.25, -0.2) is 0 Å². The van der Waals surface area contributed by atoms with Crippen molar-refractivity contribution in [2.45, 2.75) is 38.6 Å². The molecule has 1 aromatic carbocycles. The van der Waals surface area contributed by atoms with Crippen LogP contribution in [-0.4, -0.2) is 20.3 Å². The van der Waals surface area contributed by atoms with Crippen LogP contribution in [0.15, 0.2) is 6.07 Å². The van der Waals surface area contributed by atoms with Crippen LogP contribution in [0.3, 0.4) is 0 Å². The van der Waals surface area contributed by atoms with E-state index in [2.05, 4.69) is 18.3 Å². The summed E-state index contributed by atoms with van der Waals surface area (Å²) in [4.78, 5) is 0. The van der Waals surface area contributed by atoms with E-state index in [1.54, 1.807) is 0 Å². The largest absolute Gasteiger partial charge is 0.493 e. The number of rotatable bonds is 2. The Kier molecular flexibility index (Phi) is 3.16. The first-order valence-electron chi connectivity index (χ1n) is 6.92. The molecule has 3 rings (SSSR count). The van der Waals surface area contributed by atoms with Gasteiger partial charge in [0.2, 0.25) is 0 Å². The molecule has 1 unspecified atom stereocenters. The molecule has 0 amide bonds. The van der Waals surface area contributed by atoms with Gasteiger partial charge in [-0.2, -0.15) is 0 Å². The van der Waals surface area contributed by atoms with Crippen molar-refractivity contribution in [2.24, 2.45) is 0 Å². The summed E-state index contributed by atoms with van der Waals surface area (Å²) in [6.45, 7) is 3.89. The van der Waals surface area contributed by atoms with Crippen molar-refractivity contribution in [1.29, 1.82) is 0 Å². The van der Waals surface area contributed by atoms with Crippen LogP contribution < -0.4 is 14.8 Å². The van der Waals surface area contributed by atoms with Crippen LogP contribution >= 0.6 is 0 Å². The van der Waals surface area contributed by atoms with Gasteiger partial charge in [-0.3, -0.25) is 0 Å². The van der Waals surface area contributed by atoms with Crippen LogP contribution in [0.2, 0.25) is 0 Å².